The number of carbonyl (C=O) groups excluding carboxylic acids is 1. The van der Waals surface area contributed by atoms with Crippen molar-refractivity contribution in [2.75, 3.05) is 11.9 Å². The van der Waals surface area contributed by atoms with Crippen molar-refractivity contribution in [1.29, 1.82) is 0 Å². The smallest absolute Gasteiger partial charge is 0.269 e. The van der Waals surface area contributed by atoms with E-state index < -0.39 is 0 Å². The summed E-state index contributed by atoms with van der Waals surface area (Å²) < 4.78 is 1.04. The Morgan fingerprint density at radius 2 is 2.04 bits per heavy atom. The van der Waals surface area contributed by atoms with Gasteiger partial charge in [0, 0.05) is 28.6 Å². The van der Waals surface area contributed by atoms with E-state index in [1.807, 2.05) is 31.2 Å². The van der Waals surface area contributed by atoms with Gasteiger partial charge in [-0.05, 0) is 49.2 Å². The molecule has 0 spiro atoms. The van der Waals surface area contributed by atoms with Crippen LogP contribution in [-0.4, -0.2) is 17.4 Å². The van der Waals surface area contributed by atoms with Gasteiger partial charge in [-0.1, -0.05) is 35.7 Å². The maximum atomic E-state index is 12.1. The van der Waals surface area contributed by atoms with Crippen LogP contribution in [0.1, 0.15) is 42.2 Å². The van der Waals surface area contributed by atoms with Gasteiger partial charge in [0.25, 0.3) is 5.91 Å². The number of benzene rings is 1. The molecule has 4 nitrogen and oxygen atoms in total. The zero-order valence-electron chi connectivity index (χ0n) is 13.5. The van der Waals surface area contributed by atoms with Gasteiger partial charge >= 0.3 is 0 Å². The maximum Gasteiger partial charge on any atom is 0.269 e. The normalized spacial score (nSPS) is 10.4. The predicted molar refractivity (Wildman–Crippen MR) is 98.3 cm³/mol. The van der Waals surface area contributed by atoms with Crippen LogP contribution in [0, 0.1) is 6.92 Å². The molecule has 0 saturated heterocycles. The SMILES string of the molecule is CCCCCNC(=O)c1cc(Nc2ccc(Br)cc2C)ccn1. The third-order valence-electron chi connectivity index (χ3n) is 3.53. The van der Waals surface area contributed by atoms with Gasteiger partial charge in [0.05, 0.1) is 0 Å². The van der Waals surface area contributed by atoms with Crippen LogP contribution in [0.15, 0.2) is 41.0 Å². The molecule has 0 saturated carbocycles. The van der Waals surface area contributed by atoms with Gasteiger partial charge in [-0.15, -0.1) is 0 Å². The molecule has 0 radical (unpaired) electrons. The van der Waals surface area contributed by atoms with Gasteiger partial charge in [-0.25, -0.2) is 0 Å². The molecule has 1 heterocycles. The number of nitrogens with zero attached hydrogens (tertiary/aromatic N) is 1. The summed E-state index contributed by atoms with van der Waals surface area (Å²) in [6.07, 6.45) is 4.91. The third-order valence-corrected chi connectivity index (χ3v) is 4.02. The molecule has 2 aromatic rings. The molecule has 0 atom stereocenters. The van der Waals surface area contributed by atoms with Gasteiger partial charge in [0.15, 0.2) is 0 Å². The van der Waals surface area contributed by atoms with Gasteiger partial charge in [-0.3, -0.25) is 9.78 Å². The van der Waals surface area contributed by atoms with Crippen molar-refractivity contribution in [3.05, 3.63) is 52.3 Å². The number of halogens is 1. The summed E-state index contributed by atoms with van der Waals surface area (Å²) in [5.74, 6) is -0.128. The Morgan fingerprint density at radius 3 is 2.78 bits per heavy atom. The Bertz CT molecular complexity index is 673. The number of unbranched alkanes of at least 4 members (excludes halogenated alkanes) is 2. The van der Waals surface area contributed by atoms with Crippen LogP contribution in [0.25, 0.3) is 0 Å². The van der Waals surface area contributed by atoms with Crippen molar-refractivity contribution in [2.45, 2.75) is 33.1 Å². The fourth-order valence-corrected chi connectivity index (χ4v) is 2.70. The lowest BCUT2D eigenvalue weighted by Gasteiger charge is -2.11. The summed E-state index contributed by atoms with van der Waals surface area (Å²) in [7, 11) is 0. The second kappa shape index (κ2) is 8.67. The Kier molecular flexibility index (Phi) is 6.59. The average Bonchev–Trinajstić information content (AvgIpc) is 2.54. The van der Waals surface area contributed by atoms with E-state index in [9.17, 15) is 4.79 Å². The van der Waals surface area contributed by atoms with Crippen molar-refractivity contribution in [3.8, 4) is 0 Å². The summed E-state index contributed by atoms with van der Waals surface area (Å²) in [6, 6.07) is 9.67. The molecule has 1 amide bonds. The van der Waals surface area contributed by atoms with Crippen molar-refractivity contribution < 1.29 is 4.79 Å². The lowest BCUT2D eigenvalue weighted by atomic mass is 10.2. The predicted octanol–water partition coefficient (Wildman–Crippen LogP) is 4.82. The van der Waals surface area contributed by atoms with E-state index in [4.69, 9.17) is 0 Å². The molecule has 0 fully saturated rings. The van der Waals surface area contributed by atoms with Crippen molar-refractivity contribution in [1.82, 2.24) is 10.3 Å². The fourth-order valence-electron chi connectivity index (χ4n) is 2.22. The lowest BCUT2D eigenvalue weighted by molar-refractivity contribution is 0.0948. The number of amides is 1. The number of hydrogen-bond donors (Lipinski definition) is 2. The van der Waals surface area contributed by atoms with Crippen LogP contribution in [0.5, 0.6) is 0 Å². The minimum atomic E-state index is -0.128. The first-order valence-corrected chi connectivity index (χ1v) is 8.67. The van der Waals surface area contributed by atoms with E-state index in [2.05, 4.69) is 38.5 Å². The van der Waals surface area contributed by atoms with Crippen LogP contribution in [0.2, 0.25) is 0 Å². The zero-order valence-corrected chi connectivity index (χ0v) is 15.1. The first kappa shape index (κ1) is 17.5. The highest BCUT2D eigenvalue weighted by atomic mass is 79.9. The quantitative estimate of drug-likeness (QED) is 0.682. The first-order valence-electron chi connectivity index (χ1n) is 7.87. The van der Waals surface area contributed by atoms with E-state index in [1.165, 1.54) is 0 Å². The van der Waals surface area contributed by atoms with Crippen LogP contribution < -0.4 is 10.6 Å². The fraction of sp³-hybridized carbons (Fsp3) is 0.333. The van der Waals surface area contributed by atoms with E-state index in [0.717, 1.165) is 40.7 Å². The van der Waals surface area contributed by atoms with Gasteiger partial charge < -0.3 is 10.6 Å². The number of hydrogen-bond acceptors (Lipinski definition) is 3. The summed E-state index contributed by atoms with van der Waals surface area (Å²) in [5, 5.41) is 6.24. The molecular formula is C18H22BrN3O. The van der Waals surface area contributed by atoms with Crippen molar-refractivity contribution in [2.24, 2.45) is 0 Å². The van der Waals surface area contributed by atoms with Crippen LogP contribution in [0.4, 0.5) is 11.4 Å². The molecule has 0 unspecified atom stereocenters. The van der Waals surface area contributed by atoms with Gasteiger partial charge in [0.1, 0.15) is 5.69 Å². The van der Waals surface area contributed by atoms with Crippen LogP contribution in [0.3, 0.4) is 0 Å². The molecule has 1 aromatic carbocycles. The number of anilines is 2. The number of carbonyl (C=O) groups is 1. The van der Waals surface area contributed by atoms with Crippen molar-refractivity contribution in [3.63, 3.8) is 0 Å². The van der Waals surface area contributed by atoms with Crippen LogP contribution >= 0.6 is 15.9 Å². The molecule has 2 rings (SSSR count). The summed E-state index contributed by atoms with van der Waals surface area (Å²) in [6.45, 7) is 4.87. The molecular weight excluding hydrogens is 354 g/mol. The zero-order chi connectivity index (χ0) is 16.7. The molecule has 0 bridgehead atoms. The third kappa shape index (κ3) is 5.36. The molecule has 122 valence electrons. The standard InChI is InChI=1S/C18H22BrN3O/c1-3-4-5-9-21-18(23)17-12-15(8-10-20-17)22-16-7-6-14(19)11-13(16)2/h6-8,10-12H,3-5,9H2,1-2H3,(H,20,22)(H,21,23). The van der Waals surface area contributed by atoms with E-state index in [-0.39, 0.29) is 5.91 Å². The number of pyridine rings is 1. The Hall–Kier alpha value is -1.88. The highest BCUT2D eigenvalue weighted by Gasteiger charge is 2.08. The molecule has 5 heteroatoms. The molecule has 0 aliphatic rings. The monoisotopic (exact) mass is 375 g/mol. The molecule has 23 heavy (non-hydrogen) atoms. The van der Waals surface area contributed by atoms with Crippen LogP contribution in [-0.2, 0) is 0 Å². The molecule has 1 aromatic heterocycles. The van der Waals surface area contributed by atoms with Gasteiger partial charge in [0.2, 0.25) is 0 Å². The molecule has 0 aliphatic carbocycles. The Morgan fingerprint density at radius 1 is 1.22 bits per heavy atom. The first-order chi connectivity index (χ1) is 11.1. The summed E-state index contributed by atoms with van der Waals surface area (Å²) >= 11 is 3.46. The number of aromatic nitrogens is 1. The van der Waals surface area contributed by atoms with Crippen molar-refractivity contribution >= 4 is 33.2 Å². The number of aryl methyl sites for hydroxylation is 1. The van der Waals surface area contributed by atoms with E-state index in [1.54, 1.807) is 12.3 Å². The highest BCUT2D eigenvalue weighted by Crippen LogP contribution is 2.23. The topological polar surface area (TPSA) is 54.0 Å². The second-order valence-corrected chi connectivity index (χ2v) is 6.39. The average molecular weight is 376 g/mol. The largest absolute Gasteiger partial charge is 0.355 e. The van der Waals surface area contributed by atoms with E-state index in [0.29, 0.717) is 12.2 Å². The minimum absolute atomic E-state index is 0.128. The Labute approximate surface area is 145 Å². The minimum Gasteiger partial charge on any atom is -0.355 e. The second-order valence-electron chi connectivity index (χ2n) is 5.48. The molecule has 2 N–H and O–H groups in total. The van der Waals surface area contributed by atoms with Gasteiger partial charge in [-0.2, -0.15) is 0 Å². The summed E-state index contributed by atoms with van der Waals surface area (Å²) in [4.78, 5) is 16.3. The number of nitrogens with one attached hydrogen (secondary N) is 2. The molecule has 0 aliphatic heterocycles. The lowest BCUT2D eigenvalue weighted by Crippen LogP contribution is -2.25. The maximum absolute atomic E-state index is 12.1. The Balaban J connectivity index is 2.03. The summed E-state index contributed by atoms with van der Waals surface area (Å²) in [5.41, 5.74) is 3.42. The van der Waals surface area contributed by atoms with E-state index >= 15 is 0 Å². The number of rotatable bonds is 7. The highest BCUT2D eigenvalue weighted by molar-refractivity contribution is 9.10.